The number of amides is 1. The minimum atomic E-state index is -3.66. The first-order chi connectivity index (χ1) is 14.8. The molecule has 1 amide bonds. The zero-order valence-electron chi connectivity index (χ0n) is 16.6. The molecule has 0 aliphatic carbocycles. The van der Waals surface area contributed by atoms with Crippen molar-refractivity contribution in [3.05, 3.63) is 64.9 Å². The van der Waals surface area contributed by atoms with Gasteiger partial charge in [0.2, 0.25) is 10.0 Å². The van der Waals surface area contributed by atoms with Crippen LogP contribution in [-0.4, -0.2) is 50.8 Å². The van der Waals surface area contributed by atoms with E-state index in [4.69, 9.17) is 16.3 Å². The standard InChI is InChI=1S/C21H24ClFN2O5S/c22-15-4-7-18(8-5-15)31(28,29)24-11-10-17-6-9-19(20(13-26)30-17)25-21(27)14-2-1-3-16(23)12-14/h1-5,7-8,12,17,19-20,24,26H,6,9-11,13H2,(H,25,27)/t17-,19-,20+/m0/s1. The van der Waals surface area contributed by atoms with E-state index in [0.29, 0.717) is 24.3 Å². The summed E-state index contributed by atoms with van der Waals surface area (Å²) in [5.74, 6) is -0.951. The summed E-state index contributed by atoms with van der Waals surface area (Å²) in [6.07, 6.45) is 0.624. The predicted molar refractivity (Wildman–Crippen MR) is 114 cm³/mol. The second-order valence-corrected chi connectivity index (χ2v) is 9.49. The van der Waals surface area contributed by atoms with E-state index >= 15 is 0 Å². The molecule has 1 heterocycles. The van der Waals surface area contributed by atoms with Crippen molar-refractivity contribution in [1.29, 1.82) is 0 Å². The third-order valence-corrected chi connectivity index (χ3v) is 6.81. The summed E-state index contributed by atoms with van der Waals surface area (Å²) in [4.78, 5) is 12.5. The van der Waals surface area contributed by atoms with Gasteiger partial charge in [-0.1, -0.05) is 17.7 Å². The van der Waals surface area contributed by atoms with Crippen molar-refractivity contribution in [3.63, 3.8) is 0 Å². The zero-order chi connectivity index (χ0) is 22.4. The summed E-state index contributed by atoms with van der Waals surface area (Å²) in [5, 5.41) is 12.9. The number of ether oxygens (including phenoxy) is 1. The van der Waals surface area contributed by atoms with Crippen LogP contribution in [0.25, 0.3) is 0 Å². The van der Waals surface area contributed by atoms with Gasteiger partial charge in [0.1, 0.15) is 11.9 Å². The number of rotatable bonds is 8. The topological polar surface area (TPSA) is 105 Å². The lowest BCUT2D eigenvalue weighted by atomic mass is 9.97. The molecule has 1 saturated heterocycles. The summed E-state index contributed by atoms with van der Waals surface area (Å²) in [5.41, 5.74) is 0.190. The van der Waals surface area contributed by atoms with Gasteiger partial charge in [-0.05, 0) is 61.7 Å². The Morgan fingerprint density at radius 1 is 1.19 bits per heavy atom. The van der Waals surface area contributed by atoms with Gasteiger partial charge >= 0.3 is 0 Å². The number of hydrogen-bond donors (Lipinski definition) is 3. The third-order valence-electron chi connectivity index (χ3n) is 5.08. The molecular formula is C21H24ClFN2O5S. The van der Waals surface area contributed by atoms with Crippen LogP contribution in [0.3, 0.4) is 0 Å². The number of carbonyl (C=O) groups is 1. The molecule has 168 valence electrons. The van der Waals surface area contributed by atoms with Crippen molar-refractivity contribution in [2.45, 2.75) is 42.4 Å². The van der Waals surface area contributed by atoms with Crippen molar-refractivity contribution in [2.75, 3.05) is 13.2 Å². The van der Waals surface area contributed by atoms with Crippen LogP contribution >= 0.6 is 11.6 Å². The van der Waals surface area contributed by atoms with Crippen LogP contribution in [-0.2, 0) is 14.8 Å². The second kappa shape index (κ2) is 10.5. The van der Waals surface area contributed by atoms with Crippen molar-refractivity contribution in [2.24, 2.45) is 0 Å². The molecule has 1 aliphatic rings. The minimum Gasteiger partial charge on any atom is -0.394 e. The monoisotopic (exact) mass is 470 g/mol. The Labute approximate surface area is 185 Å². The molecule has 0 bridgehead atoms. The quantitative estimate of drug-likeness (QED) is 0.549. The SMILES string of the molecule is O=C(N[C@H]1CC[C@@H](CCNS(=O)(=O)c2ccc(Cl)cc2)O[C@@H]1CO)c1cccc(F)c1. The smallest absolute Gasteiger partial charge is 0.251 e. The van der Waals surface area contributed by atoms with Crippen LogP contribution < -0.4 is 10.0 Å². The molecule has 0 aromatic heterocycles. The molecule has 2 aromatic rings. The predicted octanol–water partition coefficient (Wildman–Crippen LogP) is 2.49. The van der Waals surface area contributed by atoms with E-state index in [1.807, 2.05) is 0 Å². The van der Waals surface area contributed by atoms with Gasteiger partial charge in [-0.25, -0.2) is 17.5 Å². The van der Waals surface area contributed by atoms with Gasteiger partial charge in [-0.3, -0.25) is 4.79 Å². The van der Waals surface area contributed by atoms with Gasteiger partial charge in [0.15, 0.2) is 0 Å². The molecule has 0 unspecified atom stereocenters. The van der Waals surface area contributed by atoms with E-state index in [2.05, 4.69) is 10.0 Å². The summed E-state index contributed by atoms with van der Waals surface area (Å²) in [7, 11) is -3.66. The minimum absolute atomic E-state index is 0.120. The van der Waals surface area contributed by atoms with Crippen molar-refractivity contribution in [3.8, 4) is 0 Å². The number of nitrogens with one attached hydrogen (secondary N) is 2. The molecule has 0 radical (unpaired) electrons. The van der Waals surface area contributed by atoms with Crippen LogP contribution in [0.2, 0.25) is 5.02 Å². The molecular weight excluding hydrogens is 447 g/mol. The summed E-state index contributed by atoms with van der Waals surface area (Å²) in [6.45, 7) is -0.144. The zero-order valence-corrected chi connectivity index (χ0v) is 18.2. The van der Waals surface area contributed by atoms with Gasteiger partial charge in [-0.15, -0.1) is 0 Å². The summed E-state index contributed by atoms with van der Waals surface area (Å²) in [6, 6.07) is 10.8. The van der Waals surface area contributed by atoms with Gasteiger partial charge in [0.05, 0.1) is 23.6 Å². The van der Waals surface area contributed by atoms with Gasteiger partial charge < -0.3 is 15.2 Å². The Hall–Kier alpha value is -2.04. The molecule has 31 heavy (non-hydrogen) atoms. The number of carbonyl (C=O) groups excluding carboxylic acids is 1. The maximum Gasteiger partial charge on any atom is 0.251 e. The van der Waals surface area contributed by atoms with Crippen molar-refractivity contribution < 1.29 is 27.4 Å². The van der Waals surface area contributed by atoms with Gasteiger partial charge in [-0.2, -0.15) is 0 Å². The molecule has 3 N–H and O–H groups in total. The molecule has 2 aromatic carbocycles. The Kier molecular flexibility index (Phi) is 8.01. The molecule has 10 heteroatoms. The summed E-state index contributed by atoms with van der Waals surface area (Å²) >= 11 is 5.78. The second-order valence-electron chi connectivity index (χ2n) is 7.29. The lowest BCUT2D eigenvalue weighted by Gasteiger charge is -2.36. The maximum absolute atomic E-state index is 13.3. The number of aliphatic hydroxyl groups excluding tert-OH is 1. The highest BCUT2D eigenvalue weighted by Gasteiger charge is 2.32. The largest absolute Gasteiger partial charge is 0.394 e. The van der Waals surface area contributed by atoms with E-state index in [1.54, 1.807) is 0 Å². The fraction of sp³-hybridized carbons (Fsp3) is 0.381. The first kappa shape index (κ1) is 23.6. The van der Waals surface area contributed by atoms with Crippen molar-refractivity contribution in [1.82, 2.24) is 10.0 Å². The van der Waals surface area contributed by atoms with Crippen LogP contribution in [0.4, 0.5) is 4.39 Å². The molecule has 7 nitrogen and oxygen atoms in total. The Balaban J connectivity index is 1.50. The van der Waals surface area contributed by atoms with Gasteiger partial charge in [0, 0.05) is 17.1 Å². The van der Waals surface area contributed by atoms with Gasteiger partial charge in [0.25, 0.3) is 5.91 Å². The van der Waals surface area contributed by atoms with E-state index in [1.165, 1.54) is 42.5 Å². The fourth-order valence-corrected chi connectivity index (χ4v) is 4.62. The van der Waals surface area contributed by atoms with E-state index in [9.17, 15) is 22.7 Å². The van der Waals surface area contributed by atoms with Crippen molar-refractivity contribution >= 4 is 27.5 Å². The molecule has 3 rings (SSSR count). The van der Waals surface area contributed by atoms with Crippen LogP contribution in [0.15, 0.2) is 53.4 Å². The fourth-order valence-electron chi connectivity index (χ4n) is 3.44. The molecule has 0 spiro atoms. The Morgan fingerprint density at radius 2 is 1.94 bits per heavy atom. The highest BCUT2D eigenvalue weighted by molar-refractivity contribution is 7.89. The molecule has 1 aliphatic heterocycles. The van der Waals surface area contributed by atoms with E-state index in [-0.39, 0.29) is 29.7 Å². The first-order valence-electron chi connectivity index (χ1n) is 9.86. The van der Waals surface area contributed by atoms with E-state index in [0.717, 1.165) is 6.07 Å². The maximum atomic E-state index is 13.3. The average Bonchev–Trinajstić information content (AvgIpc) is 2.74. The van der Waals surface area contributed by atoms with Crippen LogP contribution in [0, 0.1) is 5.82 Å². The highest BCUT2D eigenvalue weighted by atomic mass is 35.5. The van der Waals surface area contributed by atoms with Crippen LogP contribution in [0.1, 0.15) is 29.6 Å². The highest BCUT2D eigenvalue weighted by Crippen LogP contribution is 2.22. The molecule has 3 atom stereocenters. The lowest BCUT2D eigenvalue weighted by Crippen LogP contribution is -2.51. The summed E-state index contributed by atoms with van der Waals surface area (Å²) < 4.78 is 46.4. The third kappa shape index (κ3) is 6.47. The van der Waals surface area contributed by atoms with Crippen LogP contribution in [0.5, 0.6) is 0 Å². The Bertz CT molecular complexity index is 1000. The first-order valence-corrected chi connectivity index (χ1v) is 11.7. The Morgan fingerprint density at radius 3 is 2.61 bits per heavy atom. The normalized spacial score (nSPS) is 21.6. The number of halogens is 2. The lowest BCUT2D eigenvalue weighted by molar-refractivity contribution is -0.0891. The van der Waals surface area contributed by atoms with E-state index < -0.39 is 33.9 Å². The molecule has 0 saturated carbocycles. The number of aliphatic hydroxyl groups is 1. The number of hydrogen-bond acceptors (Lipinski definition) is 5. The number of sulfonamides is 1. The number of benzene rings is 2. The molecule has 1 fully saturated rings. The average molecular weight is 471 g/mol.